The van der Waals surface area contributed by atoms with Gasteiger partial charge in [0.05, 0.1) is 23.5 Å². The molecule has 106 valence electrons. The summed E-state index contributed by atoms with van der Waals surface area (Å²) in [4.78, 5) is 8.04. The number of aromatic nitrogens is 2. The van der Waals surface area contributed by atoms with Crippen LogP contribution >= 0.6 is 0 Å². The van der Waals surface area contributed by atoms with Crippen molar-refractivity contribution in [2.24, 2.45) is 5.84 Å². The molecular weight excluding hydrogens is 269 g/mol. The predicted octanol–water partition coefficient (Wildman–Crippen LogP) is 2.36. The van der Waals surface area contributed by atoms with E-state index in [4.69, 9.17) is 5.84 Å². The number of nitrogens with two attached hydrogens (primary N) is 1. The first-order valence-corrected chi connectivity index (χ1v) is 5.83. The first-order chi connectivity index (χ1) is 9.43. The summed E-state index contributed by atoms with van der Waals surface area (Å²) in [5.74, 6) is 5.49. The third kappa shape index (κ3) is 2.94. The van der Waals surface area contributed by atoms with Crippen molar-refractivity contribution in [1.82, 2.24) is 15.4 Å². The minimum atomic E-state index is -4.36. The number of halogens is 3. The van der Waals surface area contributed by atoms with Gasteiger partial charge in [0, 0.05) is 12.4 Å². The van der Waals surface area contributed by atoms with Crippen LogP contribution in [0.15, 0.2) is 36.8 Å². The fraction of sp³-hybridized carbons (Fsp3) is 0.231. The van der Waals surface area contributed by atoms with E-state index in [1.807, 2.05) is 0 Å². The van der Waals surface area contributed by atoms with E-state index in [-0.39, 0.29) is 0 Å². The molecule has 1 aromatic heterocycles. The van der Waals surface area contributed by atoms with E-state index in [9.17, 15) is 13.2 Å². The lowest BCUT2D eigenvalue weighted by Crippen LogP contribution is -2.30. The van der Waals surface area contributed by atoms with Crippen LogP contribution in [0.5, 0.6) is 0 Å². The Hall–Kier alpha value is -1.99. The first-order valence-electron chi connectivity index (χ1n) is 5.83. The van der Waals surface area contributed by atoms with E-state index in [1.54, 1.807) is 6.92 Å². The highest BCUT2D eigenvalue weighted by Gasteiger charge is 2.31. The van der Waals surface area contributed by atoms with E-state index in [2.05, 4.69) is 15.4 Å². The summed E-state index contributed by atoms with van der Waals surface area (Å²) in [6.45, 7) is 1.60. The minimum Gasteiger partial charge on any atom is -0.271 e. The van der Waals surface area contributed by atoms with E-state index in [0.29, 0.717) is 16.8 Å². The second-order valence-corrected chi connectivity index (χ2v) is 4.30. The number of benzene rings is 1. The van der Waals surface area contributed by atoms with Crippen LogP contribution in [-0.2, 0) is 6.18 Å². The first kappa shape index (κ1) is 14.4. The second-order valence-electron chi connectivity index (χ2n) is 4.30. The zero-order valence-electron chi connectivity index (χ0n) is 10.6. The molecule has 0 aliphatic heterocycles. The maximum absolute atomic E-state index is 12.6. The lowest BCUT2D eigenvalue weighted by Gasteiger charge is -2.19. The Labute approximate surface area is 113 Å². The fourth-order valence-corrected chi connectivity index (χ4v) is 1.97. The number of hydrogen-bond acceptors (Lipinski definition) is 4. The van der Waals surface area contributed by atoms with E-state index in [0.717, 1.165) is 12.1 Å². The highest BCUT2D eigenvalue weighted by Crippen LogP contribution is 2.32. The topological polar surface area (TPSA) is 63.8 Å². The van der Waals surface area contributed by atoms with Gasteiger partial charge in [0.1, 0.15) is 0 Å². The molecule has 1 aromatic carbocycles. The van der Waals surface area contributed by atoms with Crippen LogP contribution in [0.25, 0.3) is 0 Å². The standard InChI is InChI=1S/C13H13F3N4/c1-8-6-9(13(14,15)16)2-3-10(8)12(20-17)11-7-18-4-5-19-11/h2-7,12,20H,17H2,1H3. The van der Waals surface area contributed by atoms with Crippen LogP contribution < -0.4 is 11.3 Å². The third-order valence-electron chi connectivity index (χ3n) is 2.95. The largest absolute Gasteiger partial charge is 0.416 e. The van der Waals surface area contributed by atoms with E-state index >= 15 is 0 Å². The van der Waals surface area contributed by atoms with Gasteiger partial charge in [-0.2, -0.15) is 13.2 Å². The molecule has 2 rings (SSSR count). The minimum absolute atomic E-state index is 0.480. The lowest BCUT2D eigenvalue weighted by atomic mass is 9.97. The van der Waals surface area contributed by atoms with Crippen LogP contribution in [0, 0.1) is 6.92 Å². The molecule has 1 heterocycles. The lowest BCUT2D eigenvalue weighted by molar-refractivity contribution is -0.137. The molecule has 3 N–H and O–H groups in total. The zero-order chi connectivity index (χ0) is 14.8. The van der Waals surface area contributed by atoms with E-state index in [1.165, 1.54) is 24.7 Å². The van der Waals surface area contributed by atoms with Crippen molar-refractivity contribution in [1.29, 1.82) is 0 Å². The van der Waals surface area contributed by atoms with Crippen LogP contribution in [-0.4, -0.2) is 9.97 Å². The van der Waals surface area contributed by atoms with Crippen molar-refractivity contribution in [2.45, 2.75) is 19.1 Å². The van der Waals surface area contributed by atoms with Gasteiger partial charge in [0.2, 0.25) is 0 Å². The van der Waals surface area contributed by atoms with Gasteiger partial charge in [-0.25, -0.2) is 5.43 Å². The maximum atomic E-state index is 12.6. The maximum Gasteiger partial charge on any atom is 0.416 e. The SMILES string of the molecule is Cc1cc(C(F)(F)F)ccc1C(NN)c1cnccn1. The molecule has 0 bridgehead atoms. The van der Waals surface area contributed by atoms with Crippen LogP contribution in [0.1, 0.15) is 28.4 Å². The summed E-state index contributed by atoms with van der Waals surface area (Å²) < 4.78 is 37.9. The molecule has 0 saturated heterocycles. The van der Waals surface area contributed by atoms with Crippen LogP contribution in [0.2, 0.25) is 0 Å². The van der Waals surface area contributed by atoms with Crippen LogP contribution in [0.4, 0.5) is 13.2 Å². The Balaban J connectivity index is 2.42. The molecule has 4 nitrogen and oxygen atoms in total. The summed E-state index contributed by atoms with van der Waals surface area (Å²) in [7, 11) is 0. The van der Waals surface area contributed by atoms with Crippen molar-refractivity contribution >= 4 is 0 Å². The number of aryl methyl sites for hydroxylation is 1. The summed E-state index contributed by atoms with van der Waals surface area (Å²) in [6, 6.07) is 3.02. The van der Waals surface area contributed by atoms with Crippen molar-refractivity contribution in [2.75, 3.05) is 0 Å². The predicted molar refractivity (Wildman–Crippen MR) is 67.4 cm³/mol. The number of nitrogens with one attached hydrogen (secondary N) is 1. The van der Waals surface area contributed by atoms with E-state index < -0.39 is 17.8 Å². The number of hydrazine groups is 1. The number of nitrogens with zero attached hydrogens (tertiary/aromatic N) is 2. The average Bonchev–Trinajstić information content (AvgIpc) is 2.41. The molecule has 20 heavy (non-hydrogen) atoms. The van der Waals surface area contributed by atoms with Gasteiger partial charge in [-0.1, -0.05) is 6.07 Å². The molecule has 1 atom stereocenters. The molecule has 2 aromatic rings. The summed E-state index contributed by atoms with van der Waals surface area (Å²) in [6.07, 6.45) is 0.166. The molecule has 0 spiro atoms. The van der Waals surface area contributed by atoms with Gasteiger partial charge in [0.15, 0.2) is 0 Å². The smallest absolute Gasteiger partial charge is 0.271 e. The quantitative estimate of drug-likeness (QED) is 0.670. The molecule has 0 amide bonds. The Morgan fingerprint density at radius 3 is 2.50 bits per heavy atom. The van der Waals surface area contributed by atoms with Gasteiger partial charge in [-0.05, 0) is 30.2 Å². The molecule has 0 saturated carbocycles. The van der Waals surface area contributed by atoms with Gasteiger partial charge in [0.25, 0.3) is 0 Å². The third-order valence-corrected chi connectivity index (χ3v) is 2.95. The number of rotatable bonds is 3. The van der Waals surface area contributed by atoms with Gasteiger partial charge in [-0.3, -0.25) is 15.8 Å². The Morgan fingerprint density at radius 1 is 1.25 bits per heavy atom. The zero-order valence-corrected chi connectivity index (χ0v) is 10.6. The Kier molecular flexibility index (Phi) is 4.01. The highest BCUT2D eigenvalue weighted by atomic mass is 19.4. The number of alkyl halides is 3. The molecule has 0 aliphatic rings. The van der Waals surface area contributed by atoms with Gasteiger partial charge < -0.3 is 0 Å². The molecule has 7 heteroatoms. The Morgan fingerprint density at radius 2 is 2.00 bits per heavy atom. The molecule has 1 unspecified atom stereocenters. The van der Waals surface area contributed by atoms with Crippen LogP contribution in [0.3, 0.4) is 0 Å². The molecule has 0 fully saturated rings. The van der Waals surface area contributed by atoms with Crippen molar-refractivity contribution in [3.05, 3.63) is 59.2 Å². The Bertz CT molecular complexity index is 584. The summed E-state index contributed by atoms with van der Waals surface area (Å²) in [5, 5.41) is 0. The van der Waals surface area contributed by atoms with Crippen molar-refractivity contribution < 1.29 is 13.2 Å². The fourth-order valence-electron chi connectivity index (χ4n) is 1.97. The van der Waals surface area contributed by atoms with Gasteiger partial charge in [-0.15, -0.1) is 0 Å². The second kappa shape index (κ2) is 5.56. The van der Waals surface area contributed by atoms with Crippen molar-refractivity contribution in [3.8, 4) is 0 Å². The summed E-state index contributed by atoms with van der Waals surface area (Å²) in [5.41, 5.74) is 3.51. The van der Waals surface area contributed by atoms with Crippen molar-refractivity contribution in [3.63, 3.8) is 0 Å². The number of hydrogen-bond donors (Lipinski definition) is 2. The molecule has 0 radical (unpaired) electrons. The molecular formula is C13H13F3N4. The normalized spacial score (nSPS) is 13.2. The average molecular weight is 282 g/mol. The molecule has 0 aliphatic carbocycles. The highest BCUT2D eigenvalue weighted by molar-refractivity contribution is 5.37. The van der Waals surface area contributed by atoms with Gasteiger partial charge >= 0.3 is 6.18 Å². The monoisotopic (exact) mass is 282 g/mol. The summed E-state index contributed by atoms with van der Waals surface area (Å²) >= 11 is 0.